The summed E-state index contributed by atoms with van der Waals surface area (Å²) in [6.45, 7) is 5.60. The van der Waals surface area contributed by atoms with E-state index in [1.807, 2.05) is 0 Å². The number of nitro groups is 1. The summed E-state index contributed by atoms with van der Waals surface area (Å²) in [5.74, 6) is -7.45. The van der Waals surface area contributed by atoms with Crippen molar-refractivity contribution in [3.05, 3.63) is 34.4 Å². The van der Waals surface area contributed by atoms with E-state index in [1.165, 1.54) is 39.8 Å². The first-order chi connectivity index (χ1) is 19.5. The van der Waals surface area contributed by atoms with Crippen LogP contribution in [0, 0.1) is 16.0 Å². The number of aliphatic carboxylic acids is 2. The van der Waals surface area contributed by atoms with Crippen LogP contribution in [0.25, 0.3) is 0 Å². The third kappa shape index (κ3) is 12.0. The van der Waals surface area contributed by atoms with Gasteiger partial charge in [0.1, 0.15) is 24.2 Å². The fourth-order valence-electron chi connectivity index (χ4n) is 3.53. The second kappa shape index (κ2) is 16.2. The van der Waals surface area contributed by atoms with Gasteiger partial charge in [0.15, 0.2) is 0 Å². The number of carbonyl (C=O) groups is 7. The van der Waals surface area contributed by atoms with Crippen molar-refractivity contribution in [3.8, 4) is 0 Å². The van der Waals surface area contributed by atoms with Gasteiger partial charge in [-0.1, -0.05) is 13.8 Å². The molecule has 4 atom stereocenters. The minimum atomic E-state index is -1.62. The quantitative estimate of drug-likeness (QED) is 0.0948. The van der Waals surface area contributed by atoms with Crippen molar-refractivity contribution in [2.24, 2.45) is 5.92 Å². The molecular weight excluding hydrogens is 560 g/mol. The molecule has 7 N–H and O–H groups in total. The molecule has 1 rings (SSSR count). The number of hydrogen-bond donors (Lipinski definition) is 7. The summed E-state index contributed by atoms with van der Waals surface area (Å²) in [6, 6.07) is -0.794. The zero-order chi connectivity index (χ0) is 32.1. The van der Waals surface area contributed by atoms with Crippen LogP contribution in [0.2, 0.25) is 0 Å². The third-order valence-electron chi connectivity index (χ3n) is 5.70. The van der Waals surface area contributed by atoms with E-state index in [4.69, 9.17) is 5.11 Å². The van der Waals surface area contributed by atoms with Crippen LogP contribution in [0.1, 0.15) is 47.0 Å². The Morgan fingerprint density at radius 1 is 0.786 bits per heavy atom. The summed E-state index contributed by atoms with van der Waals surface area (Å²) in [7, 11) is 0. The number of nitro benzene ring substituents is 1. The number of benzene rings is 1. The zero-order valence-corrected chi connectivity index (χ0v) is 23.3. The van der Waals surface area contributed by atoms with Gasteiger partial charge >= 0.3 is 11.9 Å². The van der Waals surface area contributed by atoms with Crippen LogP contribution >= 0.6 is 0 Å². The molecule has 0 unspecified atom stereocenters. The Hall–Kier alpha value is -5.09. The molecule has 0 radical (unpaired) electrons. The zero-order valence-electron chi connectivity index (χ0n) is 23.3. The third-order valence-corrected chi connectivity index (χ3v) is 5.70. The second-order valence-corrected chi connectivity index (χ2v) is 9.60. The van der Waals surface area contributed by atoms with E-state index in [0.717, 1.165) is 12.1 Å². The summed E-state index contributed by atoms with van der Waals surface area (Å²) in [5.41, 5.74) is -0.157. The molecule has 1 aromatic carbocycles. The first-order valence-corrected chi connectivity index (χ1v) is 12.7. The molecule has 0 aliphatic rings. The predicted molar refractivity (Wildman–Crippen MR) is 145 cm³/mol. The molecule has 0 bridgehead atoms. The number of amides is 5. The maximum absolute atomic E-state index is 13.1. The number of carboxylic acids is 2. The maximum Gasteiger partial charge on any atom is 0.305 e. The first kappa shape index (κ1) is 34.9. The fraction of sp³-hybridized carbons (Fsp3) is 0.480. The highest BCUT2D eigenvalue weighted by molar-refractivity contribution is 6.00. The van der Waals surface area contributed by atoms with E-state index < -0.39 is 89.3 Å². The Labute approximate surface area is 239 Å². The molecule has 17 nitrogen and oxygen atoms in total. The molecule has 0 aliphatic carbocycles. The topological polar surface area (TPSA) is 263 Å². The monoisotopic (exact) mass is 594 g/mol. The molecule has 5 amide bonds. The van der Waals surface area contributed by atoms with Crippen molar-refractivity contribution in [2.75, 3.05) is 5.32 Å². The molecule has 0 fully saturated rings. The highest BCUT2D eigenvalue weighted by atomic mass is 16.6. The lowest BCUT2D eigenvalue weighted by atomic mass is 10.0. The van der Waals surface area contributed by atoms with E-state index >= 15 is 0 Å². The van der Waals surface area contributed by atoms with Gasteiger partial charge < -0.3 is 36.8 Å². The van der Waals surface area contributed by atoms with E-state index in [0.29, 0.717) is 0 Å². The lowest BCUT2D eigenvalue weighted by Crippen LogP contribution is -2.59. The number of hydrogen-bond acceptors (Lipinski definition) is 9. The molecule has 0 aliphatic heterocycles. The van der Waals surface area contributed by atoms with Crippen LogP contribution < -0.4 is 26.6 Å². The minimum Gasteiger partial charge on any atom is -0.481 e. The Morgan fingerprint density at radius 2 is 1.36 bits per heavy atom. The van der Waals surface area contributed by atoms with Gasteiger partial charge in [0.25, 0.3) is 5.69 Å². The van der Waals surface area contributed by atoms with Crippen LogP contribution in [0.4, 0.5) is 11.4 Å². The van der Waals surface area contributed by atoms with Crippen molar-refractivity contribution in [3.63, 3.8) is 0 Å². The Bertz CT molecular complexity index is 1200. The van der Waals surface area contributed by atoms with Gasteiger partial charge in [-0.25, -0.2) is 0 Å². The summed E-state index contributed by atoms with van der Waals surface area (Å²) >= 11 is 0. The van der Waals surface area contributed by atoms with Gasteiger partial charge in [0, 0.05) is 31.2 Å². The molecule has 17 heteroatoms. The fourth-order valence-corrected chi connectivity index (χ4v) is 3.53. The summed E-state index contributed by atoms with van der Waals surface area (Å²) in [6.07, 6.45) is -1.72. The van der Waals surface area contributed by atoms with Crippen molar-refractivity contribution in [1.29, 1.82) is 0 Å². The number of anilines is 1. The molecule has 230 valence electrons. The highest BCUT2D eigenvalue weighted by Gasteiger charge is 2.33. The smallest absolute Gasteiger partial charge is 0.305 e. The first-order valence-electron chi connectivity index (χ1n) is 12.7. The Balaban J connectivity index is 3.08. The van der Waals surface area contributed by atoms with Gasteiger partial charge in [0.05, 0.1) is 11.3 Å². The Morgan fingerprint density at radius 3 is 1.83 bits per heavy atom. The van der Waals surface area contributed by atoms with Crippen molar-refractivity contribution < 1.29 is 48.7 Å². The number of carboxylic acid groups (broad SMARTS) is 2. The normalized spacial score (nSPS) is 13.5. The van der Waals surface area contributed by atoms with Crippen molar-refractivity contribution >= 4 is 52.8 Å². The van der Waals surface area contributed by atoms with E-state index in [9.17, 15) is 48.8 Å². The van der Waals surface area contributed by atoms with Gasteiger partial charge in [-0.2, -0.15) is 0 Å². The molecular formula is C25H34N6O11. The van der Waals surface area contributed by atoms with Crippen LogP contribution in [0.3, 0.4) is 0 Å². The largest absolute Gasteiger partial charge is 0.481 e. The molecule has 0 aromatic heterocycles. The van der Waals surface area contributed by atoms with Gasteiger partial charge in [0.2, 0.25) is 29.5 Å². The predicted octanol–water partition coefficient (Wildman–Crippen LogP) is -0.492. The Kier molecular flexibility index (Phi) is 13.5. The number of nitrogens with zero attached hydrogens (tertiary/aromatic N) is 1. The highest BCUT2D eigenvalue weighted by Crippen LogP contribution is 2.16. The molecule has 0 saturated heterocycles. The molecule has 0 heterocycles. The van der Waals surface area contributed by atoms with Crippen molar-refractivity contribution in [1.82, 2.24) is 21.3 Å². The molecule has 1 aromatic rings. The summed E-state index contributed by atoms with van der Waals surface area (Å²) in [5, 5.41) is 40.8. The van der Waals surface area contributed by atoms with Crippen LogP contribution in [0.15, 0.2) is 24.3 Å². The van der Waals surface area contributed by atoms with Gasteiger partial charge in [-0.15, -0.1) is 0 Å². The average Bonchev–Trinajstić information content (AvgIpc) is 2.88. The van der Waals surface area contributed by atoms with E-state index in [-0.39, 0.29) is 17.8 Å². The lowest BCUT2D eigenvalue weighted by Gasteiger charge is -2.27. The average molecular weight is 595 g/mol. The molecule has 42 heavy (non-hydrogen) atoms. The van der Waals surface area contributed by atoms with Crippen molar-refractivity contribution in [2.45, 2.75) is 71.1 Å². The van der Waals surface area contributed by atoms with Crippen LogP contribution in [-0.2, 0) is 33.6 Å². The SMILES string of the molecule is CC(=O)N[C@@H](C)C(=O)N[C@@H](CCC(=O)O)C(=O)N[C@H](C(=O)N[C@@H](CC(=O)O)C(=O)Nc1ccc([N+](=O)[O-])cc1)C(C)C. The standard InChI is InChI=1S/C25H34N6O11/c1-12(2)21(30-23(38)17(9-10-19(33)34)28-22(37)13(3)26-14(4)32)25(40)29-18(11-20(35)36)24(39)27-15-5-7-16(8-6-15)31(41)42/h5-8,12-13,17-18,21H,9-11H2,1-4H3,(H,26,32)(H,27,39)(H,28,37)(H,29,40)(H,30,38)(H,33,34)(H,35,36)/t13-,17-,18-,21-/m0/s1. The number of non-ortho nitro benzene ring substituents is 1. The van der Waals surface area contributed by atoms with E-state index in [1.54, 1.807) is 0 Å². The summed E-state index contributed by atoms with van der Waals surface area (Å²) in [4.78, 5) is 95.4. The lowest BCUT2D eigenvalue weighted by molar-refractivity contribution is -0.384. The minimum absolute atomic E-state index is 0.0921. The second-order valence-electron chi connectivity index (χ2n) is 9.60. The maximum atomic E-state index is 13.1. The van der Waals surface area contributed by atoms with Crippen LogP contribution in [0.5, 0.6) is 0 Å². The number of carbonyl (C=O) groups excluding carboxylic acids is 5. The molecule has 0 spiro atoms. The summed E-state index contributed by atoms with van der Waals surface area (Å²) < 4.78 is 0. The van der Waals surface area contributed by atoms with E-state index in [2.05, 4.69) is 26.6 Å². The number of nitrogens with one attached hydrogen (secondary N) is 5. The molecule has 0 saturated carbocycles. The number of rotatable bonds is 16. The van der Waals surface area contributed by atoms with Gasteiger partial charge in [-0.05, 0) is 31.4 Å². The van der Waals surface area contributed by atoms with Crippen LogP contribution in [-0.4, -0.2) is 80.8 Å². The van der Waals surface area contributed by atoms with Gasteiger partial charge in [-0.3, -0.25) is 43.7 Å².